The van der Waals surface area contributed by atoms with Crippen molar-refractivity contribution in [1.29, 1.82) is 0 Å². The minimum absolute atomic E-state index is 0.00319. The Hall–Kier alpha value is -0.380. The van der Waals surface area contributed by atoms with E-state index >= 15 is 0 Å². The Kier molecular flexibility index (Phi) is 4.46. The van der Waals surface area contributed by atoms with Crippen molar-refractivity contribution in [3.05, 3.63) is 68.4 Å². The summed E-state index contributed by atoms with van der Waals surface area (Å²) in [6, 6.07) is 10.7. The van der Waals surface area contributed by atoms with Crippen molar-refractivity contribution in [1.82, 2.24) is 0 Å². The largest absolute Gasteiger partial charge is 0.207 e. The molecule has 0 radical (unpaired) electrons. The normalized spacial score (nSPS) is 12.5. The Labute approximate surface area is 127 Å². The zero-order chi connectivity index (χ0) is 13.3. The number of rotatable bonds is 2. The predicted octanol–water partition coefficient (Wildman–Crippen LogP) is 6.03. The topological polar surface area (TPSA) is 0 Å². The van der Waals surface area contributed by atoms with Gasteiger partial charge in [0, 0.05) is 9.50 Å². The van der Waals surface area contributed by atoms with E-state index in [0.29, 0.717) is 10.6 Å². The first-order valence-electron chi connectivity index (χ1n) is 5.34. The van der Waals surface area contributed by atoms with E-state index in [2.05, 4.69) is 31.9 Å². The second-order valence-electron chi connectivity index (χ2n) is 4.04. The lowest BCUT2D eigenvalue weighted by atomic mass is 10.0. The van der Waals surface area contributed by atoms with Gasteiger partial charge >= 0.3 is 0 Å². The average molecular weight is 392 g/mol. The summed E-state index contributed by atoms with van der Waals surface area (Å²) < 4.78 is 14.2. The fourth-order valence-corrected chi connectivity index (χ4v) is 3.61. The van der Waals surface area contributed by atoms with E-state index in [0.717, 1.165) is 15.6 Å². The molecule has 0 saturated heterocycles. The maximum Gasteiger partial charge on any atom is 0.126 e. The first-order valence-corrected chi connectivity index (χ1v) is 7.43. The van der Waals surface area contributed by atoms with E-state index in [1.54, 1.807) is 13.0 Å². The molecule has 18 heavy (non-hydrogen) atoms. The lowest BCUT2D eigenvalue weighted by Crippen LogP contribution is -1.96. The van der Waals surface area contributed by atoms with E-state index < -0.39 is 0 Å². The number of hydrogen-bond acceptors (Lipinski definition) is 0. The SMILES string of the molecule is Cc1cc(C(Br)c2ccc(Cl)cc2Br)ccc1F. The van der Waals surface area contributed by atoms with Gasteiger partial charge in [-0.15, -0.1) is 0 Å². The number of alkyl halides is 1. The molecule has 2 aromatic rings. The molecule has 0 nitrogen and oxygen atoms in total. The van der Waals surface area contributed by atoms with Crippen LogP contribution in [0.1, 0.15) is 21.5 Å². The Morgan fingerprint density at radius 2 is 1.89 bits per heavy atom. The third-order valence-corrected chi connectivity index (χ3v) is 4.65. The first-order chi connectivity index (χ1) is 8.49. The van der Waals surface area contributed by atoms with Crippen molar-refractivity contribution in [2.24, 2.45) is 0 Å². The second kappa shape index (κ2) is 5.72. The number of aryl methyl sites for hydroxylation is 1. The van der Waals surface area contributed by atoms with Gasteiger partial charge in [-0.1, -0.05) is 61.7 Å². The zero-order valence-electron chi connectivity index (χ0n) is 9.55. The molecule has 2 rings (SSSR count). The second-order valence-corrected chi connectivity index (χ2v) is 6.24. The molecule has 0 aliphatic carbocycles. The Bertz CT molecular complexity index is 584. The molecule has 0 aliphatic heterocycles. The van der Waals surface area contributed by atoms with Crippen LogP contribution in [0.3, 0.4) is 0 Å². The van der Waals surface area contributed by atoms with Gasteiger partial charge in [0.05, 0.1) is 4.83 Å². The molecule has 0 heterocycles. The average Bonchev–Trinajstić information content (AvgIpc) is 2.32. The smallest absolute Gasteiger partial charge is 0.126 e. The van der Waals surface area contributed by atoms with E-state index in [4.69, 9.17) is 11.6 Å². The molecular weight excluding hydrogens is 382 g/mol. The predicted molar refractivity (Wildman–Crippen MR) is 81.1 cm³/mol. The van der Waals surface area contributed by atoms with Crippen LogP contribution in [0.5, 0.6) is 0 Å². The fraction of sp³-hybridized carbons (Fsp3) is 0.143. The molecule has 4 heteroatoms. The third kappa shape index (κ3) is 2.95. The number of hydrogen-bond donors (Lipinski definition) is 0. The summed E-state index contributed by atoms with van der Waals surface area (Å²) >= 11 is 13.0. The minimum atomic E-state index is -0.186. The van der Waals surface area contributed by atoms with E-state index in [1.165, 1.54) is 6.07 Å². The lowest BCUT2D eigenvalue weighted by Gasteiger charge is -2.14. The van der Waals surface area contributed by atoms with Crippen LogP contribution in [-0.4, -0.2) is 0 Å². The van der Waals surface area contributed by atoms with Crippen molar-refractivity contribution in [3.63, 3.8) is 0 Å². The van der Waals surface area contributed by atoms with Gasteiger partial charge in [-0.3, -0.25) is 0 Å². The maximum absolute atomic E-state index is 13.3. The molecule has 2 aromatic carbocycles. The van der Waals surface area contributed by atoms with Gasteiger partial charge in [-0.05, 0) is 41.8 Å². The first kappa shape index (κ1) is 14.0. The molecule has 0 spiro atoms. The van der Waals surface area contributed by atoms with Gasteiger partial charge in [0.2, 0.25) is 0 Å². The molecule has 0 N–H and O–H groups in total. The summed E-state index contributed by atoms with van der Waals surface area (Å²) in [6.45, 7) is 1.76. The van der Waals surface area contributed by atoms with E-state index in [1.807, 2.05) is 24.3 Å². The number of benzene rings is 2. The van der Waals surface area contributed by atoms with Crippen LogP contribution in [0.2, 0.25) is 5.02 Å². The van der Waals surface area contributed by atoms with Crippen LogP contribution in [0.4, 0.5) is 4.39 Å². The summed E-state index contributed by atoms with van der Waals surface area (Å²) in [5, 5.41) is 0.681. The minimum Gasteiger partial charge on any atom is -0.207 e. The molecular formula is C14H10Br2ClF. The van der Waals surface area contributed by atoms with Gasteiger partial charge in [0.15, 0.2) is 0 Å². The standard InChI is InChI=1S/C14H10Br2ClF/c1-8-6-9(2-5-13(8)18)14(16)11-4-3-10(17)7-12(11)15/h2-7,14H,1H3. The molecule has 1 atom stereocenters. The van der Waals surface area contributed by atoms with Crippen LogP contribution >= 0.6 is 43.5 Å². The molecule has 0 aromatic heterocycles. The highest BCUT2D eigenvalue weighted by atomic mass is 79.9. The van der Waals surface area contributed by atoms with Crippen LogP contribution < -0.4 is 0 Å². The van der Waals surface area contributed by atoms with Gasteiger partial charge < -0.3 is 0 Å². The number of halogens is 4. The molecule has 94 valence electrons. The van der Waals surface area contributed by atoms with E-state index in [-0.39, 0.29) is 10.6 Å². The summed E-state index contributed by atoms with van der Waals surface area (Å²) in [6.07, 6.45) is 0. The van der Waals surface area contributed by atoms with Crippen LogP contribution in [0.15, 0.2) is 40.9 Å². The van der Waals surface area contributed by atoms with Gasteiger partial charge in [0.1, 0.15) is 5.82 Å². The zero-order valence-corrected chi connectivity index (χ0v) is 13.5. The van der Waals surface area contributed by atoms with Gasteiger partial charge in [0.25, 0.3) is 0 Å². The summed E-state index contributed by atoms with van der Waals surface area (Å²) in [7, 11) is 0. The molecule has 0 fully saturated rings. The van der Waals surface area contributed by atoms with Crippen LogP contribution in [0, 0.1) is 12.7 Å². The van der Waals surface area contributed by atoms with Crippen molar-refractivity contribution >= 4 is 43.5 Å². The van der Waals surface area contributed by atoms with Crippen molar-refractivity contribution < 1.29 is 4.39 Å². The Morgan fingerprint density at radius 1 is 1.17 bits per heavy atom. The summed E-state index contributed by atoms with van der Waals surface area (Å²) in [5.74, 6) is -0.186. The van der Waals surface area contributed by atoms with E-state index in [9.17, 15) is 4.39 Å². The quantitative estimate of drug-likeness (QED) is 0.547. The van der Waals surface area contributed by atoms with Crippen LogP contribution in [0.25, 0.3) is 0 Å². The van der Waals surface area contributed by atoms with Crippen molar-refractivity contribution in [3.8, 4) is 0 Å². The molecule has 0 aliphatic rings. The highest BCUT2D eigenvalue weighted by Gasteiger charge is 2.14. The highest BCUT2D eigenvalue weighted by Crippen LogP contribution is 2.36. The lowest BCUT2D eigenvalue weighted by molar-refractivity contribution is 0.617. The summed E-state index contributed by atoms with van der Waals surface area (Å²) in [5.41, 5.74) is 2.71. The maximum atomic E-state index is 13.3. The Morgan fingerprint density at radius 3 is 2.50 bits per heavy atom. The van der Waals surface area contributed by atoms with Crippen molar-refractivity contribution in [2.75, 3.05) is 0 Å². The summed E-state index contributed by atoms with van der Waals surface area (Å²) in [4.78, 5) is 0.00319. The Balaban J connectivity index is 2.41. The van der Waals surface area contributed by atoms with Gasteiger partial charge in [-0.2, -0.15) is 0 Å². The van der Waals surface area contributed by atoms with Crippen molar-refractivity contribution in [2.45, 2.75) is 11.8 Å². The molecule has 1 unspecified atom stereocenters. The monoisotopic (exact) mass is 390 g/mol. The molecule has 0 amide bonds. The van der Waals surface area contributed by atoms with Crippen LogP contribution in [-0.2, 0) is 0 Å². The molecule has 0 bridgehead atoms. The van der Waals surface area contributed by atoms with Gasteiger partial charge in [-0.25, -0.2) is 4.39 Å². The molecule has 0 saturated carbocycles. The fourth-order valence-electron chi connectivity index (χ4n) is 1.71. The highest BCUT2D eigenvalue weighted by molar-refractivity contribution is 9.11. The third-order valence-electron chi connectivity index (χ3n) is 2.71.